The highest BCUT2D eigenvalue weighted by atomic mass is 16.3. The molecule has 1 saturated carbocycles. The minimum atomic E-state index is -0.486. The van der Waals surface area contributed by atoms with Crippen molar-refractivity contribution in [2.45, 2.75) is 51.0 Å². The summed E-state index contributed by atoms with van der Waals surface area (Å²) < 4.78 is 0. The number of nitrogens with one attached hydrogen (secondary N) is 1. The molecule has 2 N–H and O–H groups in total. The summed E-state index contributed by atoms with van der Waals surface area (Å²) in [5, 5.41) is 13.4. The first kappa shape index (κ1) is 12.7. The largest absolute Gasteiger partial charge is 0.389 e. The van der Waals surface area contributed by atoms with Gasteiger partial charge in [0.2, 0.25) is 0 Å². The van der Waals surface area contributed by atoms with E-state index in [2.05, 4.69) is 12.2 Å². The van der Waals surface area contributed by atoms with Crippen molar-refractivity contribution in [1.82, 2.24) is 10.2 Å². The number of likely N-dealkylation sites (tertiary alicyclic amines) is 1. The fraction of sp³-hybridized carbons (Fsp3) is 0.923. The summed E-state index contributed by atoms with van der Waals surface area (Å²) in [7, 11) is 0. The number of nitrogens with zero attached hydrogens (tertiary/aromatic N) is 1. The molecule has 4 nitrogen and oxygen atoms in total. The van der Waals surface area contributed by atoms with E-state index in [9.17, 15) is 9.90 Å². The Kier molecular flexibility index (Phi) is 3.92. The van der Waals surface area contributed by atoms with Crippen LogP contribution in [0.4, 0.5) is 4.79 Å². The van der Waals surface area contributed by atoms with Gasteiger partial charge in [-0.1, -0.05) is 19.8 Å². The topological polar surface area (TPSA) is 52.6 Å². The number of hydrogen-bond donors (Lipinski definition) is 2. The molecule has 1 aliphatic heterocycles. The molecule has 2 fully saturated rings. The Labute approximate surface area is 103 Å². The van der Waals surface area contributed by atoms with Gasteiger partial charge < -0.3 is 15.3 Å². The molecule has 1 aliphatic carbocycles. The van der Waals surface area contributed by atoms with Gasteiger partial charge in [0.25, 0.3) is 0 Å². The lowest BCUT2D eigenvalue weighted by atomic mass is 9.71. The average molecular weight is 240 g/mol. The third-order valence-corrected chi connectivity index (χ3v) is 4.24. The van der Waals surface area contributed by atoms with Crippen LogP contribution in [0.15, 0.2) is 0 Å². The van der Waals surface area contributed by atoms with Crippen LogP contribution in [0.1, 0.15) is 45.4 Å². The van der Waals surface area contributed by atoms with Gasteiger partial charge in [0, 0.05) is 25.6 Å². The Hall–Kier alpha value is -0.770. The second-order valence-corrected chi connectivity index (χ2v) is 5.47. The lowest BCUT2D eigenvalue weighted by Crippen LogP contribution is -2.56. The molecule has 4 heteroatoms. The van der Waals surface area contributed by atoms with Crippen LogP contribution >= 0.6 is 0 Å². The molecule has 1 heterocycles. The van der Waals surface area contributed by atoms with Crippen LogP contribution in [0, 0.1) is 5.92 Å². The highest BCUT2D eigenvalue weighted by molar-refractivity contribution is 5.74. The van der Waals surface area contributed by atoms with E-state index >= 15 is 0 Å². The highest BCUT2D eigenvalue weighted by Crippen LogP contribution is 2.39. The van der Waals surface area contributed by atoms with Crippen molar-refractivity contribution >= 4 is 6.03 Å². The van der Waals surface area contributed by atoms with Crippen molar-refractivity contribution in [2.24, 2.45) is 5.92 Å². The van der Waals surface area contributed by atoms with Gasteiger partial charge in [-0.2, -0.15) is 0 Å². The van der Waals surface area contributed by atoms with Crippen molar-refractivity contribution in [3.63, 3.8) is 0 Å². The van der Waals surface area contributed by atoms with Crippen LogP contribution in [0.5, 0.6) is 0 Å². The number of aliphatic hydroxyl groups is 1. The van der Waals surface area contributed by atoms with Gasteiger partial charge in [-0.25, -0.2) is 4.79 Å². The van der Waals surface area contributed by atoms with E-state index in [1.54, 1.807) is 0 Å². The fourth-order valence-electron chi connectivity index (χ4n) is 3.10. The molecule has 0 radical (unpaired) electrons. The van der Waals surface area contributed by atoms with E-state index in [-0.39, 0.29) is 11.9 Å². The van der Waals surface area contributed by atoms with Crippen molar-refractivity contribution in [1.29, 1.82) is 0 Å². The second-order valence-electron chi connectivity index (χ2n) is 5.47. The predicted octanol–water partition coefficient (Wildman–Crippen LogP) is 1.73. The molecule has 17 heavy (non-hydrogen) atoms. The summed E-state index contributed by atoms with van der Waals surface area (Å²) in [6, 6.07) is 0.0412. The molecule has 2 amide bonds. The Morgan fingerprint density at radius 3 is 3.06 bits per heavy atom. The molecule has 98 valence electrons. The molecule has 2 rings (SSSR count). The first-order valence-corrected chi connectivity index (χ1v) is 6.91. The number of piperidine rings is 1. The van der Waals surface area contributed by atoms with E-state index in [0.717, 1.165) is 45.2 Å². The SMILES string of the molecule is CCCNC(=O)N1CCC2(O)CCCCC2C1. The summed E-state index contributed by atoms with van der Waals surface area (Å²) in [5.41, 5.74) is -0.486. The van der Waals surface area contributed by atoms with Crippen LogP contribution in [-0.4, -0.2) is 41.3 Å². The van der Waals surface area contributed by atoms with Crippen LogP contribution in [0.2, 0.25) is 0 Å². The summed E-state index contributed by atoms with van der Waals surface area (Å²) in [4.78, 5) is 13.7. The monoisotopic (exact) mass is 240 g/mol. The molecule has 0 aromatic heterocycles. The van der Waals surface area contributed by atoms with Crippen molar-refractivity contribution in [3.8, 4) is 0 Å². The molecule has 1 saturated heterocycles. The van der Waals surface area contributed by atoms with E-state index in [1.807, 2.05) is 4.90 Å². The number of hydrogen-bond acceptors (Lipinski definition) is 2. The van der Waals surface area contributed by atoms with Crippen molar-refractivity contribution in [2.75, 3.05) is 19.6 Å². The number of fused-ring (bicyclic) bond motifs is 1. The standard InChI is InChI=1S/C13H24N2O2/c1-2-8-14-12(16)15-9-7-13(17)6-4-3-5-11(13)10-15/h11,17H,2-10H2,1H3,(H,14,16). The van der Waals surface area contributed by atoms with E-state index in [1.165, 1.54) is 6.42 Å². The third-order valence-electron chi connectivity index (χ3n) is 4.24. The third kappa shape index (κ3) is 2.73. The molecule has 2 atom stereocenters. The van der Waals surface area contributed by atoms with Gasteiger partial charge in [-0.3, -0.25) is 0 Å². The van der Waals surface area contributed by atoms with Gasteiger partial charge in [-0.05, 0) is 25.7 Å². The first-order chi connectivity index (χ1) is 8.15. The average Bonchev–Trinajstić information content (AvgIpc) is 2.34. The van der Waals surface area contributed by atoms with E-state index in [4.69, 9.17) is 0 Å². The van der Waals surface area contributed by atoms with Gasteiger partial charge in [0.05, 0.1) is 5.60 Å². The van der Waals surface area contributed by atoms with Crippen LogP contribution < -0.4 is 5.32 Å². The summed E-state index contributed by atoms with van der Waals surface area (Å²) in [6.07, 6.45) is 6.02. The summed E-state index contributed by atoms with van der Waals surface area (Å²) in [6.45, 7) is 4.22. The lowest BCUT2D eigenvalue weighted by molar-refractivity contribution is -0.0870. The molecular weight excluding hydrogens is 216 g/mol. The minimum absolute atomic E-state index is 0.0412. The Morgan fingerprint density at radius 1 is 1.47 bits per heavy atom. The smallest absolute Gasteiger partial charge is 0.317 e. The normalized spacial score (nSPS) is 33.1. The zero-order valence-electron chi connectivity index (χ0n) is 10.7. The van der Waals surface area contributed by atoms with Crippen LogP contribution in [0.25, 0.3) is 0 Å². The van der Waals surface area contributed by atoms with Gasteiger partial charge in [0.15, 0.2) is 0 Å². The molecule has 2 unspecified atom stereocenters. The maximum atomic E-state index is 11.9. The number of rotatable bonds is 2. The predicted molar refractivity (Wildman–Crippen MR) is 66.8 cm³/mol. The molecular formula is C13H24N2O2. The summed E-state index contributed by atoms with van der Waals surface area (Å²) >= 11 is 0. The minimum Gasteiger partial charge on any atom is -0.389 e. The van der Waals surface area contributed by atoms with E-state index in [0.29, 0.717) is 6.54 Å². The summed E-state index contributed by atoms with van der Waals surface area (Å²) in [5.74, 6) is 0.289. The number of carbonyl (C=O) groups is 1. The Balaban J connectivity index is 1.90. The molecule has 0 bridgehead atoms. The zero-order chi connectivity index (χ0) is 12.3. The van der Waals surface area contributed by atoms with Crippen molar-refractivity contribution in [3.05, 3.63) is 0 Å². The van der Waals surface area contributed by atoms with Crippen LogP contribution in [0.3, 0.4) is 0 Å². The zero-order valence-corrected chi connectivity index (χ0v) is 10.7. The Bertz CT molecular complexity index is 283. The molecule has 0 aromatic rings. The molecule has 2 aliphatic rings. The highest BCUT2D eigenvalue weighted by Gasteiger charge is 2.43. The quantitative estimate of drug-likeness (QED) is 0.772. The van der Waals surface area contributed by atoms with Crippen LogP contribution in [-0.2, 0) is 0 Å². The number of carbonyl (C=O) groups excluding carboxylic acids is 1. The van der Waals surface area contributed by atoms with Gasteiger partial charge in [-0.15, -0.1) is 0 Å². The Morgan fingerprint density at radius 2 is 2.29 bits per heavy atom. The fourth-order valence-corrected chi connectivity index (χ4v) is 3.10. The van der Waals surface area contributed by atoms with Crippen molar-refractivity contribution < 1.29 is 9.90 Å². The maximum Gasteiger partial charge on any atom is 0.317 e. The van der Waals surface area contributed by atoms with Gasteiger partial charge >= 0.3 is 6.03 Å². The molecule has 0 aromatic carbocycles. The number of urea groups is 1. The maximum absolute atomic E-state index is 11.9. The number of amides is 2. The molecule has 0 spiro atoms. The second kappa shape index (κ2) is 5.25. The lowest BCUT2D eigenvalue weighted by Gasteiger charge is -2.47. The van der Waals surface area contributed by atoms with Gasteiger partial charge in [0.1, 0.15) is 0 Å². The first-order valence-electron chi connectivity index (χ1n) is 6.91. The van der Waals surface area contributed by atoms with E-state index < -0.39 is 5.60 Å².